The quantitative estimate of drug-likeness (QED) is 0.439. The molecule has 5 nitrogen and oxygen atoms in total. The van der Waals surface area contributed by atoms with E-state index in [0.717, 1.165) is 4.90 Å². The molecule has 2 heterocycles. The van der Waals surface area contributed by atoms with Crippen LogP contribution in [0.25, 0.3) is 17.4 Å². The van der Waals surface area contributed by atoms with E-state index in [1.807, 2.05) is 0 Å². The molecule has 0 spiro atoms. The van der Waals surface area contributed by atoms with Crippen LogP contribution in [0.2, 0.25) is 10.0 Å². The summed E-state index contributed by atoms with van der Waals surface area (Å²) in [5.41, 5.74) is 0.924. The van der Waals surface area contributed by atoms with Gasteiger partial charge in [0.25, 0.3) is 5.91 Å². The van der Waals surface area contributed by atoms with E-state index in [1.165, 1.54) is 24.3 Å². The zero-order valence-corrected chi connectivity index (χ0v) is 16.3. The predicted octanol–water partition coefficient (Wildman–Crippen LogP) is 5.49. The molecule has 0 atom stereocenters. The van der Waals surface area contributed by atoms with Crippen molar-refractivity contribution in [2.75, 3.05) is 0 Å². The number of hydrogen-bond acceptors (Lipinski definition) is 3. The average Bonchev–Trinajstić information content (AvgIpc) is 3.24. The second-order valence-electron chi connectivity index (χ2n) is 6.30. The monoisotopic (exact) mass is 430 g/mol. The summed E-state index contributed by atoms with van der Waals surface area (Å²) in [6, 6.07) is 13.7. The first kappa shape index (κ1) is 19.2. The molecule has 1 fully saturated rings. The topological polar surface area (TPSA) is 62.6 Å². The van der Waals surface area contributed by atoms with E-state index in [2.05, 4.69) is 5.32 Å². The summed E-state index contributed by atoms with van der Waals surface area (Å²) in [6.07, 6.45) is 1.41. The van der Waals surface area contributed by atoms with E-state index in [4.69, 9.17) is 27.6 Å². The van der Waals surface area contributed by atoms with Gasteiger partial charge in [-0.2, -0.15) is 0 Å². The lowest BCUT2D eigenvalue weighted by molar-refractivity contribution is -0.123. The molecule has 0 unspecified atom stereocenters. The molecule has 1 aliphatic heterocycles. The van der Waals surface area contributed by atoms with Crippen LogP contribution in [0.5, 0.6) is 0 Å². The lowest BCUT2D eigenvalue weighted by atomic mass is 10.2. The number of hydrogen-bond donors (Lipinski definition) is 1. The number of carbonyl (C=O) groups excluding carboxylic acids is 2. The Hall–Kier alpha value is -3.09. The van der Waals surface area contributed by atoms with Crippen molar-refractivity contribution in [2.24, 2.45) is 0 Å². The maximum Gasteiger partial charge on any atom is 0.329 e. The Morgan fingerprint density at radius 3 is 2.62 bits per heavy atom. The lowest BCUT2D eigenvalue weighted by Crippen LogP contribution is -2.30. The second kappa shape index (κ2) is 7.73. The highest BCUT2D eigenvalue weighted by molar-refractivity contribution is 6.36. The van der Waals surface area contributed by atoms with Crippen molar-refractivity contribution in [2.45, 2.75) is 6.54 Å². The maximum atomic E-state index is 13.8. The van der Waals surface area contributed by atoms with Crippen LogP contribution in [0.3, 0.4) is 0 Å². The fourth-order valence-corrected chi connectivity index (χ4v) is 3.42. The molecule has 3 amide bonds. The number of rotatable bonds is 4. The van der Waals surface area contributed by atoms with Crippen LogP contribution in [0.15, 0.2) is 64.7 Å². The van der Waals surface area contributed by atoms with Crippen LogP contribution in [0.4, 0.5) is 9.18 Å². The summed E-state index contributed by atoms with van der Waals surface area (Å²) in [5, 5.41) is 3.41. The molecule has 1 aromatic heterocycles. The summed E-state index contributed by atoms with van der Waals surface area (Å²) in [7, 11) is 0. The van der Waals surface area contributed by atoms with E-state index < -0.39 is 17.8 Å². The largest absolute Gasteiger partial charge is 0.457 e. The third kappa shape index (κ3) is 3.90. The van der Waals surface area contributed by atoms with E-state index in [9.17, 15) is 14.0 Å². The van der Waals surface area contributed by atoms with E-state index >= 15 is 0 Å². The summed E-state index contributed by atoms with van der Waals surface area (Å²) in [5.74, 6) is -0.220. The highest BCUT2D eigenvalue weighted by Gasteiger charge is 2.34. The van der Waals surface area contributed by atoms with Crippen molar-refractivity contribution in [3.8, 4) is 11.3 Å². The van der Waals surface area contributed by atoms with Gasteiger partial charge in [-0.3, -0.25) is 9.69 Å². The smallest absolute Gasteiger partial charge is 0.329 e. The van der Waals surface area contributed by atoms with E-state index in [0.29, 0.717) is 27.1 Å². The number of nitrogens with zero attached hydrogens (tertiary/aromatic N) is 1. The minimum absolute atomic E-state index is 0.0365. The van der Waals surface area contributed by atoms with Crippen LogP contribution in [-0.2, 0) is 11.3 Å². The lowest BCUT2D eigenvalue weighted by Gasteiger charge is -2.12. The second-order valence-corrected chi connectivity index (χ2v) is 7.14. The number of halogens is 3. The third-order valence-electron chi connectivity index (χ3n) is 4.36. The molecular formula is C21H13Cl2FN2O3. The van der Waals surface area contributed by atoms with Crippen molar-refractivity contribution in [1.29, 1.82) is 0 Å². The van der Waals surface area contributed by atoms with Crippen molar-refractivity contribution in [3.05, 3.63) is 87.5 Å². The first-order chi connectivity index (χ1) is 13.9. The first-order valence-electron chi connectivity index (χ1n) is 8.55. The van der Waals surface area contributed by atoms with Gasteiger partial charge in [-0.1, -0.05) is 41.4 Å². The number of nitrogens with one attached hydrogen (secondary N) is 1. The van der Waals surface area contributed by atoms with Gasteiger partial charge in [-0.05, 0) is 36.4 Å². The van der Waals surface area contributed by atoms with Crippen LogP contribution in [0.1, 0.15) is 11.3 Å². The highest BCUT2D eigenvalue weighted by Crippen LogP contribution is 2.32. The van der Waals surface area contributed by atoms with E-state index in [-0.39, 0.29) is 17.8 Å². The van der Waals surface area contributed by atoms with Crippen LogP contribution < -0.4 is 5.32 Å². The van der Waals surface area contributed by atoms with Gasteiger partial charge in [-0.15, -0.1) is 0 Å². The molecule has 2 aromatic carbocycles. The summed E-state index contributed by atoms with van der Waals surface area (Å²) >= 11 is 12.1. The van der Waals surface area contributed by atoms with Gasteiger partial charge in [0.2, 0.25) is 0 Å². The van der Waals surface area contributed by atoms with Gasteiger partial charge in [0.1, 0.15) is 23.0 Å². The van der Waals surface area contributed by atoms with Gasteiger partial charge in [0, 0.05) is 22.2 Å². The normalized spacial score (nSPS) is 15.3. The Bertz CT molecular complexity index is 1160. The van der Waals surface area contributed by atoms with Gasteiger partial charge >= 0.3 is 6.03 Å². The van der Waals surface area contributed by atoms with Gasteiger partial charge < -0.3 is 9.73 Å². The minimum Gasteiger partial charge on any atom is -0.457 e. The van der Waals surface area contributed by atoms with Gasteiger partial charge in [0.05, 0.1) is 11.6 Å². The molecule has 4 rings (SSSR count). The standard InChI is InChI=1S/C21H13Cl2FN2O3/c22-13-5-7-15(16(23)9-13)19-8-6-14(29-19)10-18-20(27)26(21(28)25-18)11-12-3-1-2-4-17(12)24/h1-10H,11H2,(H,25,28)/b18-10-. The van der Waals surface area contributed by atoms with Crippen molar-refractivity contribution < 1.29 is 18.4 Å². The molecule has 8 heteroatoms. The Kier molecular flexibility index (Phi) is 5.13. The molecule has 0 aliphatic carbocycles. The SMILES string of the molecule is O=C1N/C(=C\c2ccc(-c3ccc(Cl)cc3Cl)o2)C(=O)N1Cc1ccccc1F. The molecule has 1 aliphatic rings. The number of urea groups is 1. The molecule has 0 bridgehead atoms. The Morgan fingerprint density at radius 1 is 1.07 bits per heavy atom. The number of carbonyl (C=O) groups is 2. The fourth-order valence-electron chi connectivity index (χ4n) is 2.92. The summed E-state index contributed by atoms with van der Waals surface area (Å²) < 4.78 is 19.6. The molecule has 0 saturated carbocycles. The fraction of sp³-hybridized carbons (Fsp3) is 0.0476. The number of amides is 3. The molecular weight excluding hydrogens is 418 g/mol. The van der Waals surface area contributed by atoms with Crippen LogP contribution in [0, 0.1) is 5.82 Å². The Labute approximate surface area is 175 Å². The molecule has 29 heavy (non-hydrogen) atoms. The highest BCUT2D eigenvalue weighted by atomic mass is 35.5. The maximum absolute atomic E-state index is 13.8. The van der Waals surface area contributed by atoms with Crippen LogP contribution >= 0.6 is 23.2 Å². The zero-order valence-electron chi connectivity index (χ0n) is 14.8. The molecule has 0 radical (unpaired) electrons. The summed E-state index contributed by atoms with van der Waals surface area (Å²) in [4.78, 5) is 25.7. The molecule has 146 valence electrons. The van der Waals surface area contributed by atoms with Crippen molar-refractivity contribution in [3.63, 3.8) is 0 Å². The van der Waals surface area contributed by atoms with Crippen LogP contribution in [-0.4, -0.2) is 16.8 Å². The Morgan fingerprint density at radius 2 is 1.86 bits per heavy atom. The zero-order chi connectivity index (χ0) is 20.5. The number of imide groups is 1. The average molecular weight is 431 g/mol. The third-order valence-corrected chi connectivity index (χ3v) is 4.91. The molecule has 1 saturated heterocycles. The van der Waals surface area contributed by atoms with Gasteiger partial charge in [-0.25, -0.2) is 9.18 Å². The van der Waals surface area contributed by atoms with Gasteiger partial charge in [0.15, 0.2) is 0 Å². The Balaban J connectivity index is 1.56. The first-order valence-corrected chi connectivity index (χ1v) is 9.31. The molecule has 1 N–H and O–H groups in total. The van der Waals surface area contributed by atoms with Crippen molar-refractivity contribution >= 4 is 41.2 Å². The molecule has 3 aromatic rings. The summed E-state index contributed by atoms with van der Waals surface area (Å²) in [6.45, 7) is -0.168. The number of furan rings is 1. The van der Waals surface area contributed by atoms with Crippen molar-refractivity contribution in [1.82, 2.24) is 10.2 Å². The predicted molar refractivity (Wildman–Crippen MR) is 108 cm³/mol. The number of benzene rings is 2. The minimum atomic E-state index is -0.628. The van der Waals surface area contributed by atoms with E-state index in [1.54, 1.807) is 36.4 Å².